The van der Waals surface area contributed by atoms with E-state index >= 15 is 0 Å². The maximum absolute atomic E-state index is 11.8. The van der Waals surface area contributed by atoms with Gasteiger partial charge in [0, 0.05) is 12.1 Å². The van der Waals surface area contributed by atoms with Gasteiger partial charge in [0.15, 0.2) is 0 Å². The number of fused-ring (bicyclic) bond motifs is 5. The van der Waals surface area contributed by atoms with E-state index in [-0.39, 0.29) is 5.91 Å². The van der Waals surface area contributed by atoms with Crippen molar-refractivity contribution in [1.29, 1.82) is 0 Å². The van der Waals surface area contributed by atoms with Crippen LogP contribution in [-0.4, -0.2) is 11.9 Å². The zero-order valence-corrected chi connectivity index (χ0v) is 10.9. The fourth-order valence-corrected chi connectivity index (χ4v) is 4.72. The average Bonchev–Trinajstić information content (AvgIpc) is 2.83. The first-order chi connectivity index (χ1) is 8.15. The molecule has 0 aromatic heterocycles. The first-order valence-electron chi connectivity index (χ1n) is 7.10. The number of amides is 1. The summed E-state index contributed by atoms with van der Waals surface area (Å²) in [4.78, 5) is 11.8. The Bertz CT molecular complexity index is 356. The van der Waals surface area contributed by atoms with E-state index in [9.17, 15) is 4.79 Å². The monoisotopic (exact) mass is 233 g/mol. The SMILES string of the molecule is CC(C)=CC(=O)N[C@@H]1C[C@H]2C[C@H]1[C@H]1CCC[C@@H]21. The molecule has 0 unspecified atom stereocenters. The summed E-state index contributed by atoms with van der Waals surface area (Å²) >= 11 is 0. The van der Waals surface area contributed by atoms with Gasteiger partial charge in [0.1, 0.15) is 0 Å². The number of rotatable bonds is 2. The highest BCUT2D eigenvalue weighted by molar-refractivity contribution is 5.88. The quantitative estimate of drug-likeness (QED) is 0.730. The van der Waals surface area contributed by atoms with Crippen molar-refractivity contribution >= 4 is 5.91 Å². The Morgan fingerprint density at radius 3 is 2.65 bits per heavy atom. The Balaban J connectivity index is 1.64. The van der Waals surface area contributed by atoms with E-state index in [1.54, 1.807) is 6.08 Å². The molecule has 1 amide bonds. The highest BCUT2D eigenvalue weighted by Gasteiger charge is 2.53. The lowest BCUT2D eigenvalue weighted by Gasteiger charge is -2.31. The van der Waals surface area contributed by atoms with Crippen LogP contribution in [0.1, 0.15) is 46.0 Å². The van der Waals surface area contributed by atoms with Gasteiger partial charge in [-0.15, -0.1) is 0 Å². The minimum absolute atomic E-state index is 0.122. The maximum atomic E-state index is 11.8. The summed E-state index contributed by atoms with van der Waals surface area (Å²) in [6.45, 7) is 3.96. The molecule has 2 nitrogen and oxygen atoms in total. The van der Waals surface area contributed by atoms with E-state index in [2.05, 4.69) is 5.32 Å². The van der Waals surface area contributed by atoms with E-state index in [0.29, 0.717) is 6.04 Å². The van der Waals surface area contributed by atoms with Gasteiger partial charge in [0.25, 0.3) is 0 Å². The van der Waals surface area contributed by atoms with E-state index in [1.807, 2.05) is 13.8 Å². The molecule has 0 spiro atoms. The van der Waals surface area contributed by atoms with E-state index in [1.165, 1.54) is 32.1 Å². The second kappa shape index (κ2) is 4.15. The molecule has 0 aromatic rings. The van der Waals surface area contributed by atoms with Crippen molar-refractivity contribution < 1.29 is 4.79 Å². The van der Waals surface area contributed by atoms with Gasteiger partial charge in [0.05, 0.1) is 0 Å². The zero-order chi connectivity index (χ0) is 12.0. The van der Waals surface area contributed by atoms with Crippen molar-refractivity contribution in [3.63, 3.8) is 0 Å². The lowest BCUT2D eigenvalue weighted by atomic mass is 9.79. The first kappa shape index (κ1) is 11.3. The third-order valence-corrected chi connectivity index (χ3v) is 5.18. The molecule has 3 aliphatic carbocycles. The van der Waals surface area contributed by atoms with Crippen LogP contribution in [0.2, 0.25) is 0 Å². The molecule has 94 valence electrons. The standard InChI is InChI=1S/C15H23NO/c1-9(2)6-15(17)16-14-8-10-7-13(14)12-5-3-4-11(10)12/h6,10-14H,3-5,7-8H2,1-2H3,(H,16,17)/t10-,11+,12+,13+,14-/m1/s1. The Labute approximate surface area is 104 Å². The topological polar surface area (TPSA) is 29.1 Å². The van der Waals surface area contributed by atoms with E-state index in [4.69, 9.17) is 0 Å². The van der Waals surface area contributed by atoms with Gasteiger partial charge >= 0.3 is 0 Å². The van der Waals surface area contributed by atoms with Crippen LogP contribution in [0.25, 0.3) is 0 Å². The van der Waals surface area contributed by atoms with Gasteiger partial charge in [0.2, 0.25) is 5.91 Å². The van der Waals surface area contributed by atoms with Gasteiger partial charge in [-0.1, -0.05) is 12.0 Å². The van der Waals surface area contributed by atoms with Crippen LogP contribution in [0, 0.1) is 23.7 Å². The number of hydrogen-bond donors (Lipinski definition) is 1. The predicted octanol–water partition coefficient (Wildman–Crippen LogP) is 2.89. The predicted molar refractivity (Wildman–Crippen MR) is 68.4 cm³/mol. The highest BCUT2D eigenvalue weighted by Crippen LogP contribution is 2.58. The molecule has 3 aliphatic rings. The van der Waals surface area contributed by atoms with Crippen LogP contribution >= 0.6 is 0 Å². The third kappa shape index (κ3) is 1.92. The highest BCUT2D eigenvalue weighted by atomic mass is 16.1. The molecule has 17 heavy (non-hydrogen) atoms. The van der Waals surface area contributed by atoms with Crippen LogP contribution in [0.4, 0.5) is 0 Å². The van der Waals surface area contributed by atoms with Crippen molar-refractivity contribution in [2.75, 3.05) is 0 Å². The summed E-state index contributed by atoms with van der Waals surface area (Å²) in [6, 6.07) is 0.474. The van der Waals surface area contributed by atoms with E-state index < -0.39 is 0 Å². The van der Waals surface area contributed by atoms with Crippen LogP contribution in [-0.2, 0) is 4.79 Å². The van der Waals surface area contributed by atoms with Crippen molar-refractivity contribution in [2.24, 2.45) is 23.7 Å². The summed E-state index contributed by atoms with van der Waals surface area (Å²) in [5.74, 6) is 3.78. The summed E-state index contributed by atoms with van der Waals surface area (Å²) in [5.41, 5.74) is 1.09. The summed E-state index contributed by atoms with van der Waals surface area (Å²) in [5, 5.41) is 3.24. The minimum atomic E-state index is 0.122. The summed E-state index contributed by atoms with van der Waals surface area (Å²) in [7, 11) is 0. The number of carbonyl (C=O) groups is 1. The Hall–Kier alpha value is -0.790. The zero-order valence-electron chi connectivity index (χ0n) is 10.9. The molecule has 0 heterocycles. The summed E-state index contributed by atoms with van der Waals surface area (Å²) < 4.78 is 0. The number of hydrogen-bond acceptors (Lipinski definition) is 1. The van der Waals surface area contributed by atoms with Gasteiger partial charge in [-0.2, -0.15) is 0 Å². The molecule has 1 N–H and O–H groups in total. The second-order valence-corrected chi connectivity index (χ2v) is 6.49. The molecule has 0 radical (unpaired) electrons. The van der Waals surface area contributed by atoms with Crippen molar-refractivity contribution in [1.82, 2.24) is 5.32 Å². The van der Waals surface area contributed by atoms with Crippen LogP contribution in [0.3, 0.4) is 0 Å². The van der Waals surface area contributed by atoms with Crippen molar-refractivity contribution in [3.05, 3.63) is 11.6 Å². The molecule has 3 rings (SSSR count). The van der Waals surface area contributed by atoms with Crippen molar-refractivity contribution in [2.45, 2.75) is 52.0 Å². The maximum Gasteiger partial charge on any atom is 0.244 e. The van der Waals surface area contributed by atoms with Gasteiger partial charge in [-0.3, -0.25) is 4.79 Å². The normalized spacial score (nSPS) is 42.4. The molecule has 3 fully saturated rings. The summed E-state index contributed by atoms with van der Waals surface area (Å²) in [6.07, 6.45) is 8.67. The van der Waals surface area contributed by atoms with Crippen molar-refractivity contribution in [3.8, 4) is 0 Å². The van der Waals surface area contributed by atoms with E-state index in [0.717, 1.165) is 29.2 Å². The number of allylic oxidation sites excluding steroid dienone is 1. The molecule has 3 saturated carbocycles. The van der Waals surface area contributed by atoms with Crippen LogP contribution < -0.4 is 5.32 Å². The molecule has 2 heteroatoms. The Morgan fingerprint density at radius 1 is 1.12 bits per heavy atom. The molecular weight excluding hydrogens is 210 g/mol. The fraction of sp³-hybridized carbons (Fsp3) is 0.800. The third-order valence-electron chi connectivity index (χ3n) is 5.18. The van der Waals surface area contributed by atoms with Crippen LogP contribution in [0.5, 0.6) is 0 Å². The first-order valence-corrected chi connectivity index (χ1v) is 7.10. The second-order valence-electron chi connectivity index (χ2n) is 6.49. The average molecular weight is 233 g/mol. The minimum Gasteiger partial charge on any atom is -0.350 e. The number of carbonyl (C=O) groups excluding carboxylic acids is 1. The molecule has 2 bridgehead atoms. The lowest BCUT2D eigenvalue weighted by Crippen LogP contribution is -2.41. The number of nitrogens with one attached hydrogen (secondary N) is 1. The molecule has 0 aromatic carbocycles. The lowest BCUT2D eigenvalue weighted by molar-refractivity contribution is -0.117. The Morgan fingerprint density at radius 2 is 1.88 bits per heavy atom. The van der Waals surface area contributed by atoms with Gasteiger partial charge < -0.3 is 5.32 Å². The fourth-order valence-electron chi connectivity index (χ4n) is 4.72. The molecular formula is C15H23NO. The molecule has 0 aliphatic heterocycles. The van der Waals surface area contributed by atoms with Crippen LogP contribution in [0.15, 0.2) is 11.6 Å². The van der Waals surface area contributed by atoms with Gasteiger partial charge in [-0.05, 0) is 63.2 Å². The largest absolute Gasteiger partial charge is 0.350 e. The smallest absolute Gasteiger partial charge is 0.244 e. The Kier molecular flexibility index (Phi) is 2.76. The molecule has 5 atom stereocenters. The molecule has 0 saturated heterocycles. The van der Waals surface area contributed by atoms with Gasteiger partial charge in [-0.25, -0.2) is 0 Å².